The van der Waals surface area contributed by atoms with Crippen LogP contribution in [0.15, 0.2) is 47.0 Å². The lowest BCUT2D eigenvalue weighted by Gasteiger charge is -2.41. The van der Waals surface area contributed by atoms with Gasteiger partial charge in [0, 0.05) is 17.3 Å². The fourth-order valence-electron chi connectivity index (χ4n) is 3.93. The third kappa shape index (κ3) is 4.17. The van der Waals surface area contributed by atoms with Crippen molar-refractivity contribution in [2.75, 3.05) is 10.6 Å². The van der Waals surface area contributed by atoms with E-state index in [1.54, 1.807) is 0 Å². The first-order valence-corrected chi connectivity index (χ1v) is 11.0. The Morgan fingerprint density at radius 2 is 1.86 bits per heavy atom. The highest BCUT2D eigenvalue weighted by atomic mass is 35.5. The van der Waals surface area contributed by atoms with Crippen LogP contribution in [0.25, 0.3) is 22.6 Å². The summed E-state index contributed by atoms with van der Waals surface area (Å²) in [6.07, 6.45) is -3.61. The average Bonchev–Trinajstić information content (AvgIpc) is 3.39. The Morgan fingerprint density at radius 3 is 2.50 bits per heavy atom. The summed E-state index contributed by atoms with van der Waals surface area (Å²) in [6, 6.07) is 7.27. The van der Waals surface area contributed by atoms with Gasteiger partial charge in [0.2, 0.25) is 5.91 Å². The average molecular weight is 522 g/mol. The lowest BCUT2D eigenvalue weighted by molar-refractivity contribution is -0.240. The number of alkyl halides is 3. The summed E-state index contributed by atoms with van der Waals surface area (Å²) in [4.78, 5) is 36.1. The number of pyridine rings is 1. The zero-order valence-corrected chi connectivity index (χ0v) is 18.9. The number of nitrogens with zero attached hydrogens (tertiary/aromatic N) is 2. The van der Waals surface area contributed by atoms with Crippen LogP contribution in [0.4, 0.5) is 28.9 Å². The van der Waals surface area contributed by atoms with Crippen LogP contribution in [0.3, 0.4) is 0 Å². The molecule has 3 N–H and O–H groups in total. The van der Waals surface area contributed by atoms with E-state index < -0.39 is 29.4 Å². The van der Waals surface area contributed by atoms with Gasteiger partial charge in [-0.05, 0) is 43.2 Å². The van der Waals surface area contributed by atoms with Crippen LogP contribution in [-0.2, 0) is 4.79 Å². The predicted octanol–water partition coefficient (Wildman–Crippen LogP) is 5.93. The Balaban J connectivity index is 1.39. The Kier molecular flexibility index (Phi) is 5.70. The molecule has 2 amide bonds. The Morgan fingerprint density at radius 1 is 1.08 bits per heavy atom. The van der Waals surface area contributed by atoms with E-state index in [0.717, 1.165) is 6.07 Å². The van der Waals surface area contributed by atoms with Gasteiger partial charge in [0.1, 0.15) is 11.2 Å². The van der Waals surface area contributed by atoms with Gasteiger partial charge in [-0.15, -0.1) is 0 Å². The molecule has 3 heterocycles. The number of carbonyl (C=O) groups excluding carboxylic acids is 2. The number of anilines is 2. The number of halogens is 5. The lowest BCUT2D eigenvalue weighted by Crippen LogP contribution is -2.52. The first-order valence-electron chi connectivity index (χ1n) is 10.7. The second-order valence-electron chi connectivity index (χ2n) is 8.32. The maximum atomic E-state index is 13.4. The first kappa shape index (κ1) is 23.8. The molecule has 1 aliphatic rings. The molecule has 4 aromatic rings. The summed E-state index contributed by atoms with van der Waals surface area (Å²) in [5.74, 6) is -1.76. The zero-order valence-electron chi connectivity index (χ0n) is 18.2. The van der Waals surface area contributed by atoms with E-state index in [1.807, 2.05) is 0 Å². The molecule has 0 saturated heterocycles. The molecule has 5 rings (SSSR count). The summed E-state index contributed by atoms with van der Waals surface area (Å²) >= 11 is 6.31. The largest absolute Gasteiger partial charge is 0.426 e. The maximum absolute atomic E-state index is 13.4. The second kappa shape index (κ2) is 8.63. The number of nitrogens with one attached hydrogen (secondary N) is 3. The van der Waals surface area contributed by atoms with Crippen LogP contribution >= 0.6 is 11.6 Å². The van der Waals surface area contributed by atoms with Crippen LogP contribution < -0.4 is 10.6 Å². The summed E-state index contributed by atoms with van der Waals surface area (Å²) in [5, 5.41) is 5.15. The highest BCUT2D eigenvalue weighted by Gasteiger charge is 2.63. The molecule has 3 aromatic heterocycles. The Labute approximate surface area is 205 Å². The van der Waals surface area contributed by atoms with Crippen molar-refractivity contribution in [2.24, 2.45) is 5.41 Å². The number of imidazole rings is 1. The molecule has 36 heavy (non-hydrogen) atoms. The van der Waals surface area contributed by atoms with Gasteiger partial charge in [0.05, 0.1) is 22.4 Å². The van der Waals surface area contributed by atoms with Crippen molar-refractivity contribution in [1.29, 1.82) is 0 Å². The van der Waals surface area contributed by atoms with Crippen molar-refractivity contribution in [1.82, 2.24) is 15.0 Å². The molecule has 1 aromatic carbocycles. The molecule has 1 fully saturated rings. The van der Waals surface area contributed by atoms with Gasteiger partial charge in [0.15, 0.2) is 11.4 Å². The molecule has 13 heteroatoms. The molecule has 0 radical (unpaired) electrons. The minimum atomic E-state index is -4.64. The van der Waals surface area contributed by atoms with Crippen molar-refractivity contribution in [3.05, 3.63) is 59.4 Å². The van der Waals surface area contributed by atoms with Gasteiger partial charge >= 0.3 is 6.18 Å². The Hall–Kier alpha value is -3.93. The first-order chi connectivity index (χ1) is 17.1. The van der Waals surface area contributed by atoms with Crippen molar-refractivity contribution >= 4 is 46.0 Å². The normalized spacial score (nSPS) is 14.9. The minimum Gasteiger partial charge on any atom is -0.426 e. The van der Waals surface area contributed by atoms with Crippen LogP contribution in [-0.4, -0.2) is 32.9 Å². The molecule has 186 valence electrons. The number of hydrogen-bond acceptors (Lipinski definition) is 5. The Bertz CT molecular complexity index is 1490. The highest BCUT2D eigenvalue weighted by Crippen LogP contribution is 2.53. The number of hydrogen-bond donors (Lipinski definition) is 3. The van der Waals surface area contributed by atoms with Crippen LogP contribution in [0.1, 0.15) is 29.8 Å². The molecule has 0 aliphatic heterocycles. The lowest BCUT2D eigenvalue weighted by atomic mass is 9.67. The predicted molar refractivity (Wildman–Crippen MR) is 122 cm³/mol. The number of amides is 2. The molecule has 0 atom stereocenters. The van der Waals surface area contributed by atoms with Crippen LogP contribution in [0.5, 0.6) is 0 Å². The number of furan rings is 1. The molecular formula is C23H16ClF4N5O3. The summed E-state index contributed by atoms with van der Waals surface area (Å²) in [5.41, 5.74) is -1.04. The second-order valence-corrected chi connectivity index (χ2v) is 8.73. The number of fused-ring (bicyclic) bond motifs is 1. The van der Waals surface area contributed by atoms with E-state index in [1.165, 1.54) is 36.5 Å². The number of aromatic amines is 1. The number of carbonyl (C=O) groups is 2. The van der Waals surface area contributed by atoms with Crippen molar-refractivity contribution in [2.45, 2.75) is 25.4 Å². The number of rotatable bonds is 5. The highest BCUT2D eigenvalue weighted by molar-refractivity contribution is 6.33. The van der Waals surface area contributed by atoms with E-state index in [9.17, 15) is 27.2 Å². The molecule has 0 unspecified atom stereocenters. The van der Waals surface area contributed by atoms with E-state index in [-0.39, 0.29) is 40.8 Å². The van der Waals surface area contributed by atoms with E-state index in [0.29, 0.717) is 23.2 Å². The van der Waals surface area contributed by atoms with Crippen molar-refractivity contribution in [3.63, 3.8) is 0 Å². The minimum absolute atomic E-state index is 0.0796. The van der Waals surface area contributed by atoms with Crippen LogP contribution in [0, 0.1) is 11.4 Å². The van der Waals surface area contributed by atoms with Gasteiger partial charge in [-0.25, -0.2) is 9.97 Å². The third-order valence-electron chi connectivity index (χ3n) is 6.06. The van der Waals surface area contributed by atoms with E-state index in [4.69, 9.17) is 11.6 Å². The quantitative estimate of drug-likeness (QED) is 0.282. The number of H-pyrrole nitrogens is 1. The fraction of sp³-hybridized carbons (Fsp3) is 0.217. The third-order valence-corrected chi connectivity index (χ3v) is 6.39. The smallest absolute Gasteiger partial charge is 0.403 e. The molecule has 0 bridgehead atoms. The maximum Gasteiger partial charge on any atom is 0.403 e. The van der Waals surface area contributed by atoms with Gasteiger partial charge in [-0.3, -0.25) is 9.59 Å². The molecular weight excluding hydrogens is 506 g/mol. The molecule has 0 spiro atoms. The van der Waals surface area contributed by atoms with Gasteiger partial charge in [0.25, 0.3) is 11.9 Å². The zero-order chi connectivity index (χ0) is 25.7. The summed E-state index contributed by atoms with van der Waals surface area (Å²) < 4.78 is 58.0. The molecule has 8 nitrogen and oxygen atoms in total. The molecule has 1 aliphatic carbocycles. The topological polar surface area (TPSA) is 113 Å². The summed E-state index contributed by atoms with van der Waals surface area (Å²) in [7, 11) is 0. The number of benzene rings is 1. The van der Waals surface area contributed by atoms with Gasteiger partial charge in [-0.2, -0.15) is 17.6 Å². The summed E-state index contributed by atoms with van der Waals surface area (Å²) in [6.45, 7) is 0. The SMILES string of the molecule is O=C(Nc1ccc(Cl)c(-c2nc3ncc(NC(=O)C4(C(F)(F)F)CCC4)cc3[nH]2)c1)c1ccc(F)o1. The number of aromatic nitrogens is 3. The monoisotopic (exact) mass is 521 g/mol. The van der Waals surface area contributed by atoms with Crippen LogP contribution in [0.2, 0.25) is 5.02 Å². The van der Waals surface area contributed by atoms with Gasteiger partial charge < -0.3 is 20.0 Å². The standard InChI is InChI=1S/C23H16ClF4N5O3/c24-14-3-2-11(30-20(34)16-4-5-17(25)36-16)8-13(14)18-32-15-9-12(10-29-19(15)33-18)31-21(35)22(6-1-7-22)23(26,27)28/h2-5,8-10H,1,6-7H2,(H,30,34)(H,31,35)(H,29,32,33). The van der Waals surface area contributed by atoms with E-state index >= 15 is 0 Å². The van der Waals surface area contributed by atoms with Crippen molar-refractivity contribution in [3.8, 4) is 11.4 Å². The van der Waals surface area contributed by atoms with Crippen molar-refractivity contribution < 1.29 is 31.6 Å². The molecule has 1 saturated carbocycles. The van der Waals surface area contributed by atoms with E-state index in [2.05, 4.69) is 30.0 Å². The fourth-order valence-corrected chi connectivity index (χ4v) is 4.14. The van der Waals surface area contributed by atoms with Gasteiger partial charge in [-0.1, -0.05) is 18.0 Å².